The molecular formula is C14H18N6S4. The van der Waals surface area contributed by atoms with Crippen molar-refractivity contribution < 1.29 is 0 Å². The highest BCUT2D eigenvalue weighted by Crippen LogP contribution is 2.12. The minimum absolute atomic E-state index is 0.293. The topological polar surface area (TPSA) is 91.2 Å². The van der Waals surface area contributed by atoms with E-state index in [4.69, 9.17) is 5.73 Å². The summed E-state index contributed by atoms with van der Waals surface area (Å²) in [5, 5.41) is 13.1. The van der Waals surface area contributed by atoms with Crippen molar-refractivity contribution in [1.29, 1.82) is 5.26 Å². The monoisotopic (exact) mass is 398 g/mol. The van der Waals surface area contributed by atoms with Crippen molar-refractivity contribution in [3.8, 4) is 6.19 Å². The number of nitrogens with zero attached hydrogens (tertiary/aromatic N) is 5. The van der Waals surface area contributed by atoms with E-state index < -0.39 is 0 Å². The second-order valence-electron chi connectivity index (χ2n) is 4.58. The van der Waals surface area contributed by atoms with Crippen molar-refractivity contribution in [3.05, 3.63) is 34.3 Å². The first kappa shape index (κ1) is 19.1. The van der Waals surface area contributed by atoms with Crippen LogP contribution in [0.2, 0.25) is 0 Å². The highest BCUT2D eigenvalue weighted by Gasteiger charge is 2.06. The molecule has 2 heterocycles. The van der Waals surface area contributed by atoms with Gasteiger partial charge in [0.05, 0.1) is 17.9 Å². The van der Waals surface area contributed by atoms with Crippen molar-refractivity contribution in [2.24, 2.45) is 10.7 Å². The fraction of sp³-hybridized carbons (Fsp3) is 0.429. The SMILES string of the molecule is N#CN(CCSCc1ccsn1)/C(N)=N/CCSCc1ccsn1. The smallest absolute Gasteiger partial charge is 0.204 e. The maximum absolute atomic E-state index is 9.19. The molecule has 0 saturated heterocycles. The molecule has 2 aromatic heterocycles. The predicted molar refractivity (Wildman–Crippen MR) is 105 cm³/mol. The Hall–Kier alpha value is -1.28. The van der Waals surface area contributed by atoms with Gasteiger partial charge < -0.3 is 5.73 Å². The molecule has 2 rings (SSSR count). The normalized spacial score (nSPS) is 11.4. The second kappa shape index (κ2) is 11.3. The lowest BCUT2D eigenvalue weighted by Gasteiger charge is -2.13. The van der Waals surface area contributed by atoms with E-state index in [0.717, 1.165) is 34.4 Å². The summed E-state index contributed by atoms with van der Waals surface area (Å²) in [6, 6.07) is 4.04. The number of nitrogens with two attached hydrogens (primary N) is 1. The first-order valence-corrected chi connectivity index (χ1v) is 11.2. The number of aromatic nitrogens is 2. The van der Waals surface area contributed by atoms with E-state index in [1.165, 1.54) is 28.0 Å². The number of nitriles is 1. The van der Waals surface area contributed by atoms with Crippen LogP contribution in [0.1, 0.15) is 11.4 Å². The summed E-state index contributed by atoms with van der Waals surface area (Å²) in [6.45, 7) is 1.16. The Morgan fingerprint density at radius 1 is 1.17 bits per heavy atom. The third kappa shape index (κ3) is 7.09. The summed E-state index contributed by atoms with van der Waals surface area (Å²) >= 11 is 6.42. The largest absolute Gasteiger partial charge is 0.369 e. The summed E-state index contributed by atoms with van der Waals surface area (Å²) < 4.78 is 8.51. The van der Waals surface area contributed by atoms with Gasteiger partial charge in [0.15, 0.2) is 6.19 Å². The molecule has 0 spiro atoms. The molecule has 0 radical (unpaired) electrons. The van der Waals surface area contributed by atoms with Crippen molar-refractivity contribution in [3.63, 3.8) is 0 Å². The lowest BCUT2D eigenvalue weighted by atomic mass is 10.5. The van der Waals surface area contributed by atoms with Crippen LogP contribution in [-0.2, 0) is 11.5 Å². The molecule has 0 aliphatic rings. The fourth-order valence-electron chi connectivity index (χ4n) is 1.66. The molecule has 0 atom stereocenters. The molecule has 0 saturated carbocycles. The zero-order valence-corrected chi connectivity index (χ0v) is 16.3. The van der Waals surface area contributed by atoms with Gasteiger partial charge in [0.1, 0.15) is 0 Å². The third-order valence-corrected chi connectivity index (χ3v) is 5.99. The van der Waals surface area contributed by atoms with Crippen LogP contribution < -0.4 is 5.73 Å². The first-order chi connectivity index (χ1) is 11.8. The number of hydrogen-bond donors (Lipinski definition) is 1. The Bertz CT molecular complexity index is 635. The van der Waals surface area contributed by atoms with E-state index in [0.29, 0.717) is 19.0 Å². The van der Waals surface area contributed by atoms with Gasteiger partial charge in [0, 0.05) is 40.3 Å². The lowest BCUT2D eigenvalue weighted by molar-refractivity contribution is 0.604. The summed E-state index contributed by atoms with van der Waals surface area (Å²) in [6.07, 6.45) is 2.09. The molecular weight excluding hydrogens is 380 g/mol. The van der Waals surface area contributed by atoms with Crippen LogP contribution in [0.3, 0.4) is 0 Å². The zero-order valence-electron chi connectivity index (χ0n) is 13.0. The van der Waals surface area contributed by atoms with Crippen LogP contribution in [0.15, 0.2) is 27.9 Å². The molecule has 6 nitrogen and oxygen atoms in total. The number of rotatable bonds is 10. The van der Waals surface area contributed by atoms with Gasteiger partial charge in [0.25, 0.3) is 0 Å². The number of guanidine groups is 1. The van der Waals surface area contributed by atoms with E-state index in [1.54, 1.807) is 23.5 Å². The zero-order chi connectivity index (χ0) is 17.0. The minimum Gasteiger partial charge on any atom is -0.369 e. The van der Waals surface area contributed by atoms with Gasteiger partial charge in [-0.05, 0) is 35.2 Å². The molecule has 24 heavy (non-hydrogen) atoms. The molecule has 128 valence electrons. The van der Waals surface area contributed by atoms with Crippen LogP contribution in [0.25, 0.3) is 0 Å². The standard InChI is InChI=1S/C14H18N6S4/c15-11-20(4-8-22-10-13-2-6-24-19-13)14(16)17-3-7-21-9-12-1-5-23-18-12/h1-2,5-6H,3-4,7-10H2,(H2,16,17). The van der Waals surface area contributed by atoms with E-state index in [1.807, 2.05) is 22.9 Å². The van der Waals surface area contributed by atoms with Crippen molar-refractivity contribution in [2.45, 2.75) is 11.5 Å². The molecule has 0 aliphatic carbocycles. The van der Waals surface area contributed by atoms with Gasteiger partial charge >= 0.3 is 0 Å². The maximum atomic E-state index is 9.19. The van der Waals surface area contributed by atoms with Crippen LogP contribution in [0.5, 0.6) is 0 Å². The van der Waals surface area contributed by atoms with E-state index in [2.05, 4.69) is 19.9 Å². The van der Waals surface area contributed by atoms with Gasteiger partial charge in [-0.1, -0.05) is 0 Å². The Balaban J connectivity index is 1.60. The third-order valence-electron chi connectivity index (χ3n) is 2.85. The van der Waals surface area contributed by atoms with E-state index in [-0.39, 0.29) is 0 Å². The van der Waals surface area contributed by atoms with Gasteiger partial charge in [0.2, 0.25) is 5.96 Å². The van der Waals surface area contributed by atoms with Gasteiger partial charge in [-0.2, -0.15) is 37.5 Å². The summed E-state index contributed by atoms with van der Waals surface area (Å²) in [7, 11) is 0. The number of aliphatic imine (C=N–C) groups is 1. The Labute approximate surface area is 158 Å². The molecule has 0 bridgehead atoms. The van der Waals surface area contributed by atoms with Crippen LogP contribution in [-0.4, -0.2) is 44.2 Å². The van der Waals surface area contributed by atoms with Gasteiger partial charge in [-0.3, -0.25) is 4.99 Å². The Kier molecular flexibility index (Phi) is 8.97. The lowest BCUT2D eigenvalue weighted by Crippen LogP contribution is -2.35. The molecule has 2 N–H and O–H groups in total. The summed E-state index contributed by atoms with van der Waals surface area (Å²) in [5.74, 6) is 3.69. The number of hydrogen-bond acceptors (Lipinski definition) is 8. The summed E-state index contributed by atoms with van der Waals surface area (Å²) in [5.41, 5.74) is 8.07. The molecule has 0 unspecified atom stereocenters. The average Bonchev–Trinajstić information content (AvgIpc) is 3.28. The highest BCUT2D eigenvalue weighted by atomic mass is 32.2. The van der Waals surface area contributed by atoms with E-state index in [9.17, 15) is 5.26 Å². The molecule has 0 amide bonds. The molecule has 0 fully saturated rings. The summed E-state index contributed by atoms with van der Waals surface area (Å²) in [4.78, 5) is 5.73. The maximum Gasteiger partial charge on any atom is 0.204 e. The van der Waals surface area contributed by atoms with E-state index >= 15 is 0 Å². The fourth-order valence-corrected chi connectivity index (χ4v) is 4.46. The highest BCUT2D eigenvalue weighted by molar-refractivity contribution is 7.98. The van der Waals surface area contributed by atoms with Crippen molar-refractivity contribution in [1.82, 2.24) is 13.6 Å². The molecule has 2 aromatic rings. The molecule has 0 aliphatic heterocycles. The minimum atomic E-state index is 0.293. The Morgan fingerprint density at radius 3 is 2.33 bits per heavy atom. The predicted octanol–water partition coefficient (Wildman–Crippen LogP) is 2.86. The quantitative estimate of drug-likeness (QED) is 0.216. The second-order valence-corrected chi connectivity index (χ2v) is 8.12. The number of thioether (sulfide) groups is 2. The van der Waals surface area contributed by atoms with Crippen LogP contribution in [0, 0.1) is 11.5 Å². The van der Waals surface area contributed by atoms with Crippen molar-refractivity contribution in [2.75, 3.05) is 24.6 Å². The average molecular weight is 399 g/mol. The van der Waals surface area contributed by atoms with Crippen molar-refractivity contribution >= 4 is 52.5 Å². The molecule has 0 aromatic carbocycles. The Morgan fingerprint density at radius 2 is 1.79 bits per heavy atom. The van der Waals surface area contributed by atoms with Crippen LogP contribution in [0.4, 0.5) is 0 Å². The first-order valence-electron chi connectivity index (χ1n) is 7.21. The van der Waals surface area contributed by atoms with Gasteiger partial charge in [-0.25, -0.2) is 4.90 Å². The molecule has 10 heteroatoms. The van der Waals surface area contributed by atoms with Crippen LogP contribution >= 0.6 is 46.6 Å². The van der Waals surface area contributed by atoms with Gasteiger partial charge in [-0.15, -0.1) is 0 Å².